The van der Waals surface area contributed by atoms with Crippen molar-refractivity contribution in [3.8, 4) is 5.75 Å². The topological polar surface area (TPSA) is 29.5 Å². The minimum absolute atomic E-state index is 0.110. The van der Waals surface area contributed by atoms with E-state index in [4.69, 9.17) is 4.74 Å². The van der Waals surface area contributed by atoms with Crippen LogP contribution in [0.1, 0.15) is 37.3 Å². The second kappa shape index (κ2) is 7.11. The van der Waals surface area contributed by atoms with Crippen molar-refractivity contribution in [2.75, 3.05) is 7.11 Å². The number of ether oxygens (including phenoxy) is 1. The molecule has 2 unspecified atom stereocenters. The molecule has 2 rings (SSSR count). The standard InChI is InChI=1S/C18H23NO2/c1-4-7-18(20)19-15(5-2)8-6-9-17(19)14-10-12-16(21-3)13-11-14/h4-5,10-13,15,17H,1-2,6-9H2,3H3. The average Bonchev–Trinajstić information content (AvgIpc) is 2.54. The molecule has 0 saturated carbocycles. The molecule has 1 aliphatic rings. The number of rotatable bonds is 5. The zero-order valence-corrected chi connectivity index (χ0v) is 12.6. The van der Waals surface area contributed by atoms with E-state index < -0.39 is 0 Å². The Bertz CT molecular complexity index is 506. The molecule has 1 aliphatic heterocycles. The molecular formula is C18H23NO2. The highest BCUT2D eigenvalue weighted by Crippen LogP contribution is 2.35. The monoisotopic (exact) mass is 285 g/mol. The predicted molar refractivity (Wildman–Crippen MR) is 85.2 cm³/mol. The van der Waals surface area contributed by atoms with Gasteiger partial charge in [-0.1, -0.05) is 24.3 Å². The molecule has 0 bridgehead atoms. The van der Waals surface area contributed by atoms with Gasteiger partial charge in [-0.25, -0.2) is 0 Å². The van der Waals surface area contributed by atoms with Crippen molar-refractivity contribution < 1.29 is 9.53 Å². The van der Waals surface area contributed by atoms with Crippen LogP contribution < -0.4 is 4.74 Å². The zero-order chi connectivity index (χ0) is 15.2. The summed E-state index contributed by atoms with van der Waals surface area (Å²) in [5, 5.41) is 0. The summed E-state index contributed by atoms with van der Waals surface area (Å²) in [4.78, 5) is 14.4. The van der Waals surface area contributed by atoms with Gasteiger partial charge in [-0.15, -0.1) is 13.2 Å². The van der Waals surface area contributed by atoms with Crippen molar-refractivity contribution in [1.29, 1.82) is 0 Å². The Hall–Kier alpha value is -2.03. The van der Waals surface area contributed by atoms with E-state index in [0.29, 0.717) is 6.42 Å². The van der Waals surface area contributed by atoms with E-state index in [0.717, 1.165) is 30.6 Å². The third kappa shape index (κ3) is 3.35. The molecule has 21 heavy (non-hydrogen) atoms. The van der Waals surface area contributed by atoms with Gasteiger partial charge in [0, 0.05) is 6.42 Å². The lowest BCUT2D eigenvalue weighted by atomic mass is 9.90. The molecule has 1 fully saturated rings. The number of benzene rings is 1. The van der Waals surface area contributed by atoms with Crippen molar-refractivity contribution in [2.24, 2.45) is 0 Å². The number of amides is 1. The van der Waals surface area contributed by atoms with E-state index in [1.807, 2.05) is 35.2 Å². The molecule has 0 N–H and O–H groups in total. The average molecular weight is 285 g/mol. The van der Waals surface area contributed by atoms with E-state index in [9.17, 15) is 4.79 Å². The van der Waals surface area contributed by atoms with Crippen molar-refractivity contribution in [1.82, 2.24) is 4.90 Å². The Kier molecular flexibility index (Phi) is 5.20. The number of likely N-dealkylation sites (tertiary alicyclic amines) is 1. The number of methoxy groups -OCH3 is 1. The minimum atomic E-state index is 0.110. The van der Waals surface area contributed by atoms with Crippen molar-refractivity contribution >= 4 is 5.91 Å². The van der Waals surface area contributed by atoms with E-state index in [-0.39, 0.29) is 18.0 Å². The van der Waals surface area contributed by atoms with Gasteiger partial charge >= 0.3 is 0 Å². The molecule has 0 aliphatic carbocycles. The number of nitrogens with zero attached hydrogens (tertiary/aromatic N) is 1. The maximum absolute atomic E-state index is 12.5. The second-order valence-corrected chi connectivity index (χ2v) is 5.32. The molecule has 0 radical (unpaired) electrons. The smallest absolute Gasteiger partial charge is 0.227 e. The number of piperidine rings is 1. The minimum Gasteiger partial charge on any atom is -0.497 e. The summed E-state index contributed by atoms with van der Waals surface area (Å²) in [6, 6.07) is 8.21. The van der Waals surface area contributed by atoms with Gasteiger partial charge in [0.1, 0.15) is 5.75 Å². The van der Waals surface area contributed by atoms with Crippen LogP contribution in [0, 0.1) is 0 Å². The van der Waals surface area contributed by atoms with Gasteiger partial charge in [-0.05, 0) is 37.0 Å². The van der Waals surface area contributed by atoms with Crippen LogP contribution in [-0.2, 0) is 4.79 Å². The number of hydrogen-bond donors (Lipinski definition) is 0. The highest BCUT2D eigenvalue weighted by atomic mass is 16.5. The fourth-order valence-electron chi connectivity index (χ4n) is 3.00. The normalized spacial score (nSPS) is 21.7. The number of carbonyl (C=O) groups excluding carboxylic acids is 1. The Labute approximate surface area is 126 Å². The summed E-state index contributed by atoms with van der Waals surface area (Å²) < 4.78 is 5.20. The quantitative estimate of drug-likeness (QED) is 0.768. The van der Waals surface area contributed by atoms with E-state index in [2.05, 4.69) is 13.2 Å². The third-order valence-corrected chi connectivity index (χ3v) is 4.05. The van der Waals surface area contributed by atoms with Crippen molar-refractivity contribution in [3.05, 3.63) is 55.1 Å². The SMILES string of the molecule is C=CCC(=O)N1C(C=C)CCCC1c1ccc(OC)cc1. The van der Waals surface area contributed by atoms with Crippen LogP contribution in [0.5, 0.6) is 5.75 Å². The summed E-state index contributed by atoms with van der Waals surface area (Å²) in [6.07, 6.45) is 7.00. The molecular weight excluding hydrogens is 262 g/mol. The van der Waals surface area contributed by atoms with Crippen molar-refractivity contribution in [2.45, 2.75) is 37.8 Å². The maximum Gasteiger partial charge on any atom is 0.227 e. The van der Waals surface area contributed by atoms with Gasteiger partial charge in [-0.2, -0.15) is 0 Å². The molecule has 2 atom stereocenters. The van der Waals surface area contributed by atoms with E-state index >= 15 is 0 Å². The number of carbonyl (C=O) groups is 1. The summed E-state index contributed by atoms with van der Waals surface area (Å²) >= 11 is 0. The van der Waals surface area contributed by atoms with Gasteiger partial charge in [0.05, 0.1) is 19.2 Å². The summed E-state index contributed by atoms with van der Waals surface area (Å²) in [5.41, 5.74) is 1.15. The maximum atomic E-state index is 12.5. The van der Waals surface area contributed by atoms with Crippen LogP contribution in [0.3, 0.4) is 0 Å². The van der Waals surface area contributed by atoms with Crippen molar-refractivity contribution in [3.63, 3.8) is 0 Å². The Morgan fingerprint density at radius 3 is 2.62 bits per heavy atom. The van der Waals surface area contributed by atoms with Crippen LogP contribution in [0.2, 0.25) is 0 Å². The molecule has 0 aromatic heterocycles. The first-order valence-electron chi connectivity index (χ1n) is 7.39. The van der Waals surface area contributed by atoms with Crippen LogP contribution in [0.25, 0.3) is 0 Å². The summed E-state index contributed by atoms with van der Waals surface area (Å²) in [5.74, 6) is 0.953. The first kappa shape index (κ1) is 15.4. The fraction of sp³-hybridized carbons (Fsp3) is 0.389. The molecule has 3 heteroatoms. The summed E-state index contributed by atoms with van der Waals surface area (Å²) in [6.45, 7) is 7.57. The van der Waals surface area contributed by atoms with Gasteiger partial charge in [0.2, 0.25) is 5.91 Å². The first-order valence-corrected chi connectivity index (χ1v) is 7.39. The molecule has 112 valence electrons. The zero-order valence-electron chi connectivity index (χ0n) is 12.6. The highest BCUT2D eigenvalue weighted by Gasteiger charge is 2.32. The summed E-state index contributed by atoms with van der Waals surface area (Å²) in [7, 11) is 1.66. The molecule has 1 aromatic rings. The number of hydrogen-bond acceptors (Lipinski definition) is 2. The first-order chi connectivity index (χ1) is 10.2. The Balaban J connectivity index is 2.29. The highest BCUT2D eigenvalue weighted by molar-refractivity contribution is 5.79. The van der Waals surface area contributed by atoms with Gasteiger partial charge in [0.25, 0.3) is 0 Å². The Morgan fingerprint density at radius 1 is 1.33 bits per heavy atom. The molecule has 1 heterocycles. The molecule has 1 amide bonds. The molecule has 0 spiro atoms. The molecule has 3 nitrogen and oxygen atoms in total. The van der Waals surface area contributed by atoms with Crippen LogP contribution in [0.15, 0.2) is 49.6 Å². The molecule has 1 saturated heterocycles. The fourth-order valence-corrected chi connectivity index (χ4v) is 3.00. The predicted octanol–water partition coefficient (Wildman–Crippen LogP) is 3.88. The lowest BCUT2D eigenvalue weighted by Gasteiger charge is -2.41. The van der Waals surface area contributed by atoms with Crippen LogP contribution in [-0.4, -0.2) is 24.0 Å². The van der Waals surface area contributed by atoms with Crippen LogP contribution in [0.4, 0.5) is 0 Å². The lowest BCUT2D eigenvalue weighted by molar-refractivity contribution is -0.136. The van der Waals surface area contributed by atoms with Gasteiger partial charge < -0.3 is 9.64 Å². The Morgan fingerprint density at radius 2 is 2.05 bits per heavy atom. The molecule has 1 aromatic carbocycles. The second-order valence-electron chi connectivity index (χ2n) is 5.32. The van der Waals surface area contributed by atoms with E-state index in [1.165, 1.54) is 0 Å². The lowest BCUT2D eigenvalue weighted by Crippen LogP contribution is -2.44. The van der Waals surface area contributed by atoms with Gasteiger partial charge in [-0.3, -0.25) is 4.79 Å². The van der Waals surface area contributed by atoms with E-state index in [1.54, 1.807) is 13.2 Å². The third-order valence-electron chi connectivity index (χ3n) is 4.05. The van der Waals surface area contributed by atoms with Crippen LogP contribution >= 0.6 is 0 Å². The largest absolute Gasteiger partial charge is 0.497 e. The van der Waals surface area contributed by atoms with Gasteiger partial charge in [0.15, 0.2) is 0 Å².